The van der Waals surface area contributed by atoms with Crippen molar-refractivity contribution in [2.75, 3.05) is 7.11 Å². The maximum Gasteiger partial charge on any atom is 0.261 e. The fourth-order valence-corrected chi connectivity index (χ4v) is 2.62. The van der Waals surface area contributed by atoms with Gasteiger partial charge in [0.15, 0.2) is 6.10 Å². The lowest BCUT2D eigenvalue weighted by Gasteiger charge is -2.22. The lowest BCUT2D eigenvalue weighted by molar-refractivity contribution is -0.128. The van der Waals surface area contributed by atoms with Gasteiger partial charge >= 0.3 is 0 Å². The molecule has 0 unspecified atom stereocenters. The van der Waals surface area contributed by atoms with Crippen molar-refractivity contribution in [3.8, 4) is 11.5 Å². The number of hydrogen-bond donors (Lipinski definition) is 1. The first kappa shape index (κ1) is 18.8. The van der Waals surface area contributed by atoms with Crippen LogP contribution in [0.1, 0.15) is 43.0 Å². The van der Waals surface area contributed by atoms with Crippen LogP contribution in [0.4, 0.5) is 0 Å². The minimum Gasteiger partial charge on any atom is -0.497 e. The van der Waals surface area contributed by atoms with Crippen molar-refractivity contribution in [1.29, 1.82) is 0 Å². The Morgan fingerprint density at radius 3 is 2.40 bits per heavy atom. The van der Waals surface area contributed by atoms with E-state index in [1.165, 1.54) is 0 Å². The molecular weight excluding hydrogens is 314 g/mol. The van der Waals surface area contributed by atoms with Gasteiger partial charge in [-0.2, -0.15) is 0 Å². The molecule has 2 aromatic rings. The maximum absolute atomic E-state index is 12.5. The first-order valence-corrected chi connectivity index (χ1v) is 8.62. The quantitative estimate of drug-likeness (QED) is 0.814. The molecule has 4 heteroatoms. The second kappa shape index (κ2) is 8.56. The summed E-state index contributed by atoms with van der Waals surface area (Å²) in [6, 6.07) is 13.7. The number of nitrogens with one attached hydrogen (secondary N) is 1. The second-order valence-corrected chi connectivity index (χ2v) is 6.27. The summed E-state index contributed by atoms with van der Waals surface area (Å²) in [7, 11) is 1.64. The summed E-state index contributed by atoms with van der Waals surface area (Å²) in [4.78, 5) is 12.5. The fraction of sp³-hybridized carbons (Fsp3) is 0.381. The number of aryl methyl sites for hydroxylation is 2. The number of carbonyl (C=O) groups is 1. The summed E-state index contributed by atoms with van der Waals surface area (Å²) >= 11 is 0. The van der Waals surface area contributed by atoms with Crippen LogP contribution < -0.4 is 14.8 Å². The van der Waals surface area contributed by atoms with Crippen molar-refractivity contribution in [3.63, 3.8) is 0 Å². The van der Waals surface area contributed by atoms with Gasteiger partial charge in [0.1, 0.15) is 11.5 Å². The highest BCUT2D eigenvalue weighted by Gasteiger charge is 2.20. The highest BCUT2D eigenvalue weighted by molar-refractivity contribution is 5.81. The predicted molar refractivity (Wildman–Crippen MR) is 100 cm³/mol. The third-order valence-corrected chi connectivity index (χ3v) is 4.26. The number of benzene rings is 2. The molecular formula is C21H27NO3. The summed E-state index contributed by atoms with van der Waals surface area (Å²) in [5.41, 5.74) is 3.18. The lowest BCUT2D eigenvalue weighted by atomic mass is 10.0. The number of methoxy groups -OCH3 is 1. The van der Waals surface area contributed by atoms with Crippen molar-refractivity contribution >= 4 is 5.91 Å². The molecule has 0 bridgehead atoms. The van der Waals surface area contributed by atoms with E-state index in [1.807, 2.05) is 63.2 Å². The first-order chi connectivity index (χ1) is 11.9. The summed E-state index contributed by atoms with van der Waals surface area (Å²) in [6.45, 7) is 7.81. The SMILES string of the molecule is CC[C@@H](NC(=O)[C@@H](C)Oc1cc(C)ccc1C)c1ccc(OC)cc1. The van der Waals surface area contributed by atoms with E-state index in [4.69, 9.17) is 9.47 Å². The topological polar surface area (TPSA) is 47.6 Å². The van der Waals surface area contributed by atoms with Crippen LogP contribution in [0.15, 0.2) is 42.5 Å². The zero-order valence-electron chi connectivity index (χ0n) is 15.6. The molecule has 2 atom stereocenters. The molecule has 0 spiro atoms. The van der Waals surface area contributed by atoms with E-state index in [0.29, 0.717) is 0 Å². The molecule has 2 aromatic carbocycles. The van der Waals surface area contributed by atoms with Crippen LogP contribution in [-0.2, 0) is 4.79 Å². The van der Waals surface area contributed by atoms with Gasteiger partial charge in [0.25, 0.3) is 5.91 Å². The molecule has 0 aliphatic carbocycles. The van der Waals surface area contributed by atoms with Gasteiger partial charge in [0.2, 0.25) is 0 Å². The lowest BCUT2D eigenvalue weighted by Crippen LogP contribution is -2.38. The third kappa shape index (κ3) is 4.99. The predicted octanol–water partition coefficient (Wildman–Crippen LogP) is 4.35. The molecule has 134 valence electrons. The van der Waals surface area contributed by atoms with Gasteiger partial charge in [-0.25, -0.2) is 0 Å². The van der Waals surface area contributed by atoms with Crippen molar-refractivity contribution in [3.05, 3.63) is 59.2 Å². The molecule has 0 aromatic heterocycles. The molecule has 0 aliphatic rings. The van der Waals surface area contributed by atoms with Gasteiger partial charge in [-0.15, -0.1) is 0 Å². The molecule has 0 heterocycles. The highest BCUT2D eigenvalue weighted by atomic mass is 16.5. The molecule has 0 fully saturated rings. The van der Waals surface area contributed by atoms with Crippen molar-refractivity contribution in [1.82, 2.24) is 5.32 Å². The van der Waals surface area contributed by atoms with Crippen LogP contribution >= 0.6 is 0 Å². The molecule has 0 radical (unpaired) electrons. The summed E-state index contributed by atoms with van der Waals surface area (Å²) in [5, 5.41) is 3.07. The third-order valence-electron chi connectivity index (χ3n) is 4.26. The normalized spacial score (nSPS) is 13.0. The summed E-state index contributed by atoms with van der Waals surface area (Å²) < 4.78 is 11.1. The van der Waals surface area contributed by atoms with Gasteiger partial charge in [-0.05, 0) is 62.1 Å². The molecule has 1 N–H and O–H groups in total. The van der Waals surface area contributed by atoms with E-state index in [0.717, 1.165) is 34.6 Å². The van der Waals surface area contributed by atoms with Crippen LogP contribution in [0.3, 0.4) is 0 Å². The number of carbonyl (C=O) groups excluding carboxylic acids is 1. The average molecular weight is 341 g/mol. The van der Waals surface area contributed by atoms with E-state index in [9.17, 15) is 4.79 Å². The first-order valence-electron chi connectivity index (χ1n) is 8.62. The van der Waals surface area contributed by atoms with Gasteiger partial charge in [-0.3, -0.25) is 4.79 Å². The largest absolute Gasteiger partial charge is 0.497 e. The highest BCUT2D eigenvalue weighted by Crippen LogP contribution is 2.22. The standard InChI is InChI=1S/C21H27NO3/c1-6-19(17-9-11-18(24-5)12-10-17)22-21(23)16(4)25-20-13-14(2)7-8-15(20)3/h7-13,16,19H,6H2,1-5H3,(H,22,23)/t16-,19-/m1/s1. The zero-order valence-corrected chi connectivity index (χ0v) is 15.6. The number of hydrogen-bond acceptors (Lipinski definition) is 3. The number of ether oxygens (including phenoxy) is 2. The van der Waals surface area contributed by atoms with E-state index < -0.39 is 6.10 Å². The van der Waals surface area contributed by atoms with E-state index in [2.05, 4.69) is 5.32 Å². The van der Waals surface area contributed by atoms with Crippen LogP contribution in [0.2, 0.25) is 0 Å². The van der Waals surface area contributed by atoms with Crippen molar-refractivity contribution < 1.29 is 14.3 Å². The van der Waals surface area contributed by atoms with Gasteiger partial charge < -0.3 is 14.8 Å². The summed E-state index contributed by atoms with van der Waals surface area (Å²) in [6.07, 6.45) is 0.238. The Bertz CT molecular complexity index is 710. The Morgan fingerprint density at radius 1 is 1.12 bits per heavy atom. The Kier molecular flexibility index (Phi) is 6.45. The fourth-order valence-electron chi connectivity index (χ4n) is 2.62. The Labute approximate surface area is 150 Å². The monoisotopic (exact) mass is 341 g/mol. The molecule has 1 amide bonds. The second-order valence-electron chi connectivity index (χ2n) is 6.27. The minimum absolute atomic E-state index is 0.0527. The smallest absolute Gasteiger partial charge is 0.261 e. The Balaban J connectivity index is 2.03. The maximum atomic E-state index is 12.5. The van der Waals surface area contributed by atoms with Crippen LogP contribution in [0, 0.1) is 13.8 Å². The molecule has 0 saturated carbocycles. The van der Waals surface area contributed by atoms with Crippen molar-refractivity contribution in [2.45, 2.75) is 46.3 Å². The minimum atomic E-state index is -0.562. The van der Waals surface area contributed by atoms with Crippen LogP contribution in [0.5, 0.6) is 11.5 Å². The van der Waals surface area contributed by atoms with Crippen molar-refractivity contribution in [2.24, 2.45) is 0 Å². The van der Waals surface area contributed by atoms with Gasteiger partial charge in [-0.1, -0.05) is 31.2 Å². The van der Waals surface area contributed by atoms with Gasteiger partial charge in [0, 0.05) is 0 Å². The Morgan fingerprint density at radius 2 is 1.80 bits per heavy atom. The molecule has 4 nitrogen and oxygen atoms in total. The molecule has 2 rings (SSSR count). The number of amides is 1. The molecule has 0 aliphatic heterocycles. The van der Waals surface area contributed by atoms with Crippen LogP contribution in [0.25, 0.3) is 0 Å². The Hall–Kier alpha value is -2.49. The van der Waals surface area contributed by atoms with E-state index >= 15 is 0 Å². The number of rotatable bonds is 7. The average Bonchev–Trinajstić information content (AvgIpc) is 2.62. The van der Waals surface area contributed by atoms with E-state index in [-0.39, 0.29) is 11.9 Å². The van der Waals surface area contributed by atoms with E-state index in [1.54, 1.807) is 14.0 Å². The summed E-state index contributed by atoms with van der Waals surface area (Å²) in [5.74, 6) is 1.43. The van der Waals surface area contributed by atoms with Crippen LogP contribution in [-0.4, -0.2) is 19.1 Å². The zero-order chi connectivity index (χ0) is 18.4. The molecule has 25 heavy (non-hydrogen) atoms. The van der Waals surface area contributed by atoms with Gasteiger partial charge in [0.05, 0.1) is 13.2 Å². The molecule has 0 saturated heterocycles.